The molecule has 1 fully saturated rings. The Kier molecular flexibility index (Phi) is 2.81. The van der Waals surface area contributed by atoms with Crippen molar-refractivity contribution >= 4 is 17.6 Å². The fourth-order valence-electron chi connectivity index (χ4n) is 1.66. The molecule has 0 amide bonds. The van der Waals surface area contributed by atoms with Crippen molar-refractivity contribution in [2.75, 3.05) is 5.73 Å². The van der Waals surface area contributed by atoms with Gasteiger partial charge in [-0.15, -0.1) is 5.10 Å². The maximum Gasteiger partial charge on any atom is 0.343 e. The minimum atomic E-state index is -0.246. The monoisotopic (exact) mass is 278 g/mol. The molecule has 8 heteroatoms. The van der Waals surface area contributed by atoms with E-state index >= 15 is 0 Å². The molecule has 2 heterocycles. The first-order chi connectivity index (χ1) is 9.06. The van der Waals surface area contributed by atoms with Crippen molar-refractivity contribution in [3.63, 3.8) is 0 Å². The predicted octanol–water partition coefficient (Wildman–Crippen LogP) is 0.818. The predicted molar refractivity (Wildman–Crippen MR) is 71.1 cm³/mol. The maximum absolute atomic E-state index is 11.3. The molecule has 1 aliphatic carbocycles. The van der Waals surface area contributed by atoms with E-state index in [9.17, 15) is 4.79 Å². The summed E-state index contributed by atoms with van der Waals surface area (Å²) in [6.45, 7) is 1.87. The van der Waals surface area contributed by atoms with Crippen LogP contribution in [0.4, 0.5) is 5.82 Å². The van der Waals surface area contributed by atoms with Gasteiger partial charge < -0.3 is 5.73 Å². The Morgan fingerprint density at radius 2 is 2.16 bits per heavy atom. The molecule has 0 unspecified atom stereocenters. The van der Waals surface area contributed by atoms with Crippen LogP contribution >= 0.6 is 11.8 Å². The van der Waals surface area contributed by atoms with Gasteiger partial charge in [-0.1, -0.05) is 0 Å². The summed E-state index contributed by atoms with van der Waals surface area (Å²) in [7, 11) is 1.66. The highest BCUT2D eigenvalue weighted by molar-refractivity contribution is 7.99. The fourth-order valence-corrected chi connectivity index (χ4v) is 2.54. The lowest BCUT2D eigenvalue weighted by atomic mass is 10.3. The number of nitrogens with zero attached hydrogens (tertiary/aromatic N) is 4. The lowest BCUT2D eigenvalue weighted by Gasteiger charge is -2.08. The molecular weight excluding hydrogens is 264 g/mol. The molecule has 0 atom stereocenters. The Labute approximate surface area is 113 Å². The van der Waals surface area contributed by atoms with Gasteiger partial charge in [0.25, 0.3) is 0 Å². The molecule has 7 nitrogen and oxygen atoms in total. The largest absolute Gasteiger partial charge is 0.383 e. The average Bonchev–Trinajstić information content (AvgIpc) is 3.17. The number of H-pyrrole nitrogens is 1. The molecule has 19 heavy (non-hydrogen) atoms. The van der Waals surface area contributed by atoms with Crippen LogP contribution in [0.5, 0.6) is 0 Å². The summed E-state index contributed by atoms with van der Waals surface area (Å²) in [5, 5.41) is 7.69. The first kappa shape index (κ1) is 12.2. The van der Waals surface area contributed by atoms with E-state index in [0.717, 1.165) is 29.3 Å². The molecule has 0 spiro atoms. The van der Waals surface area contributed by atoms with Crippen LogP contribution in [0.1, 0.15) is 30.1 Å². The van der Waals surface area contributed by atoms with Gasteiger partial charge in [-0.3, -0.25) is 4.57 Å². The van der Waals surface area contributed by atoms with Crippen molar-refractivity contribution in [3.8, 4) is 0 Å². The van der Waals surface area contributed by atoms with Crippen molar-refractivity contribution in [1.82, 2.24) is 24.7 Å². The molecule has 0 aromatic carbocycles. The number of hydrogen-bond donors (Lipinski definition) is 2. The zero-order chi connectivity index (χ0) is 13.6. The second kappa shape index (κ2) is 4.37. The number of nitrogens with one attached hydrogen (secondary N) is 1. The topological polar surface area (TPSA) is 102 Å². The third-order valence-corrected chi connectivity index (χ3v) is 4.26. The van der Waals surface area contributed by atoms with Gasteiger partial charge in [0, 0.05) is 18.5 Å². The summed E-state index contributed by atoms with van der Waals surface area (Å²) in [5.41, 5.74) is 6.50. The highest BCUT2D eigenvalue weighted by atomic mass is 32.2. The number of aromatic amines is 1. The minimum Gasteiger partial charge on any atom is -0.383 e. The summed E-state index contributed by atoms with van der Waals surface area (Å²) in [6, 6.07) is 0. The number of nitrogens with two attached hydrogens (primary N) is 1. The molecule has 0 radical (unpaired) electrons. The molecular formula is C11H14N6OS. The number of aromatic nitrogens is 5. The van der Waals surface area contributed by atoms with Crippen LogP contribution in [-0.4, -0.2) is 24.7 Å². The van der Waals surface area contributed by atoms with E-state index < -0.39 is 0 Å². The molecule has 2 aromatic rings. The quantitative estimate of drug-likeness (QED) is 0.806. The first-order valence-corrected chi connectivity index (χ1v) is 6.81. The molecule has 1 saturated carbocycles. The van der Waals surface area contributed by atoms with Crippen LogP contribution in [0.15, 0.2) is 15.0 Å². The second-order valence-electron chi connectivity index (χ2n) is 4.64. The van der Waals surface area contributed by atoms with Gasteiger partial charge in [0.15, 0.2) is 5.16 Å². The van der Waals surface area contributed by atoms with E-state index in [-0.39, 0.29) is 5.69 Å². The lowest BCUT2D eigenvalue weighted by molar-refractivity contribution is 0.762. The Morgan fingerprint density at radius 1 is 1.42 bits per heavy atom. The number of nitrogen functional groups attached to an aromatic ring is 1. The Bertz CT molecular complexity index is 687. The average molecular weight is 278 g/mol. The van der Waals surface area contributed by atoms with Gasteiger partial charge in [-0.2, -0.15) is 0 Å². The van der Waals surface area contributed by atoms with E-state index in [2.05, 4.69) is 20.2 Å². The van der Waals surface area contributed by atoms with E-state index in [1.165, 1.54) is 16.3 Å². The molecule has 0 saturated heterocycles. The van der Waals surface area contributed by atoms with Crippen molar-refractivity contribution in [2.45, 2.75) is 35.9 Å². The first-order valence-electron chi connectivity index (χ1n) is 5.99. The van der Waals surface area contributed by atoms with Crippen LogP contribution in [0.25, 0.3) is 0 Å². The Balaban J connectivity index is 1.99. The molecule has 0 aliphatic heterocycles. The van der Waals surface area contributed by atoms with Crippen LogP contribution < -0.4 is 11.4 Å². The molecule has 100 valence electrons. The standard InChI is InChI=1S/C11H14N6OS/c1-5-7(12)13-8(6-3-4-6)14-9(5)19-11-16-15-10(18)17(11)2/h6H,3-4H2,1-2H3,(H,15,18)(H2,12,13,14). The highest BCUT2D eigenvalue weighted by Gasteiger charge is 2.28. The van der Waals surface area contributed by atoms with Gasteiger partial charge in [-0.25, -0.2) is 19.9 Å². The number of rotatable bonds is 3. The Hall–Kier alpha value is -1.83. The number of hydrogen-bond acceptors (Lipinski definition) is 6. The van der Waals surface area contributed by atoms with Gasteiger partial charge in [0.05, 0.1) is 0 Å². The molecule has 0 bridgehead atoms. The van der Waals surface area contributed by atoms with E-state index in [1.54, 1.807) is 7.05 Å². The van der Waals surface area contributed by atoms with Crippen LogP contribution in [0, 0.1) is 6.92 Å². The summed E-state index contributed by atoms with van der Waals surface area (Å²) >= 11 is 1.32. The summed E-state index contributed by atoms with van der Waals surface area (Å²) in [6.07, 6.45) is 2.24. The van der Waals surface area contributed by atoms with Crippen molar-refractivity contribution in [3.05, 3.63) is 21.9 Å². The van der Waals surface area contributed by atoms with E-state index in [1.807, 2.05) is 6.92 Å². The summed E-state index contributed by atoms with van der Waals surface area (Å²) in [5.74, 6) is 1.73. The highest BCUT2D eigenvalue weighted by Crippen LogP contribution is 2.40. The normalized spacial score (nSPS) is 14.8. The summed E-state index contributed by atoms with van der Waals surface area (Å²) < 4.78 is 1.44. The SMILES string of the molecule is Cc1c(N)nc(C2CC2)nc1Sc1n[nH]c(=O)n1C. The second-order valence-corrected chi connectivity index (χ2v) is 5.60. The smallest absolute Gasteiger partial charge is 0.343 e. The van der Waals surface area contributed by atoms with Crippen LogP contribution in [0.2, 0.25) is 0 Å². The van der Waals surface area contributed by atoms with Gasteiger partial charge in [0.2, 0.25) is 0 Å². The van der Waals surface area contributed by atoms with E-state index in [0.29, 0.717) is 16.9 Å². The number of anilines is 1. The van der Waals surface area contributed by atoms with E-state index in [4.69, 9.17) is 5.73 Å². The van der Waals surface area contributed by atoms with Crippen molar-refractivity contribution in [1.29, 1.82) is 0 Å². The molecule has 2 aromatic heterocycles. The minimum absolute atomic E-state index is 0.246. The van der Waals surface area contributed by atoms with Gasteiger partial charge in [-0.05, 0) is 31.5 Å². The Morgan fingerprint density at radius 3 is 2.74 bits per heavy atom. The van der Waals surface area contributed by atoms with Crippen molar-refractivity contribution in [2.24, 2.45) is 7.05 Å². The molecule has 3 rings (SSSR count). The fraction of sp³-hybridized carbons (Fsp3) is 0.455. The van der Waals surface area contributed by atoms with Crippen LogP contribution in [0.3, 0.4) is 0 Å². The zero-order valence-electron chi connectivity index (χ0n) is 10.7. The third-order valence-electron chi connectivity index (χ3n) is 3.13. The lowest BCUT2D eigenvalue weighted by Crippen LogP contribution is -2.13. The molecule has 1 aliphatic rings. The maximum atomic E-state index is 11.3. The molecule has 3 N–H and O–H groups in total. The van der Waals surface area contributed by atoms with Gasteiger partial charge >= 0.3 is 5.69 Å². The van der Waals surface area contributed by atoms with Crippen LogP contribution in [-0.2, 0) is 7.05 Å². The zero-order valence-corrected chi connectivity index (χ0v) is 11.5. The van der Waals surface area contributed by atoms with Gasteiger partial charge in [0.1, 0.15) is 16.7 Å². The third kappa shape index (κ3) is 2.23. The summed E-state index contributed by atoms with van der Waals surface area (Å²) in [4.78, 5) is 20.2. The van der Waals surface area contributed by atoms with Crippen molar-refractivity contribution < 1.29 is 0 Å².